The van der Waals surface area contributed by atoms with Gasteiger partial charge in [-0.25, -0.2) is 4.39 Å². The normalized spacial score (nSPS) is 10.6. The predicted octanol–water partition coefficient (Wildman–Crippen LogP) is 3.76. The van der Waals surface area contributed by atoms with E-state index in [2.05, 4.69) is 5.32 Å². The van der Waals surface area contributed by atoms with Crippen LogP contribution in [0.15, 0.2) is 48.5 Å². The molecule has 0 aliphatic rings. The molecule has 1 amide bonds. The Labute approximate surface area is 118 Å². The maximum Gasteiger partial charge on any atom is 0.222 e. The van der Waals surface area contributed by atoms with Crippen molar-refractivity contribution in [2.45, 2.75) is 20.4 Å². The minimum absolute atomic E-state index is 0.00603. The highest BCUT2D eigenvalue weighted by atomic mass is 19.1. The molecule has 3 heteroatoms. The van der Waals surface area contributed by atoms with Crippen molar-refractivity contribution in [2.24, 2.45) is 5.92 Å². The summed E-state index contributed by atoms with van der Waals surface area (Å²) in [5, 5.41) is 2.88. The lowest BCUT2D eigenvalue weighted by Crippen LogP contribution is -2.27. The smallest absolute Gasteiger partial charge is 0.222 e. The molecule has 2 aromatic carbocycles. The molecule has 0 heterocycles. The molecular weight excluding hydrogens is 253 g/mol. The molecule has 0 aliphatic heterocycles. The molecule has 104 valence electrons. The first-order valence-corrected chi connectivity index (χ1v) is 6.69. The Morgan fingerprint density at radius 1 is 1.00 bits per heavy atom. The van der Waals surface area contributed by atoms with Crippen LogP contribution in [0.2, 0.25) is 0 Å². The molecule has 2 rings (SSSR count). The molecule has 0 saturated heterocycles. The Hall–Kier alpha value is -2.16. The Morgan fingerprint density at radius 2 is 1.50 bits per heavy atom. The van der Waals surface area contributed by atoms with Gasteiger partial charge in [0.2, 0.25) is 5.91 Å². The van der Waals surface area contributed by atoms with Gasteiger partial charge >= 0.3 is 0 Å². The number of halogens is 1. The van der Waals surface area contributed by atoms with Crippen molar-refractivity contribution >= 4 is 5.91 Å². The molecule has 20 heavy (non-hydrogen) atoms. The zero-order valence-corrected chi connectivity index (χ0v) is 11.7. The van der Waals surface area contributed by atoms with E-state index in [1.807, 2.05) is 38.1 Å². The van der Waals surface area contributed by atoms with Gasteiger partial charge in [0, 0.05) is 12.5 Å². The molecule has 0 aromatic heterocycles. The number of hydrogen-bond donors (Lipinski definition) is 1. The van der Waals surface area contributed by atoms with Crippen LogP contribution >= 0.6 is 0 Å². The van der Waals surface area contributed by atoms with E-state index in [0.29, 0.717) is 6.54 Å². The van der Waals surface area contributed by atoms with Crippen LogP contribution in [0.5, 0.6) is 0 Å². The topological polar surface area (TPSA) is 29.1 Å². The largest absolute Gasteiger partial charge is 0.352 e. The predicted molar refractivity (Wildman–Crippen MR) is 78.5 cm³/mol. The highest BCUT2D eigenvalue weighted by Crippen LogP contribution is 2.20. The number of hydrogen-bond acceptors (Lipinski definition) is 1. The summed E-state index contributed by atoms with van der Waals surface area (Å²) in [7, 11) is 0. The number of carbonyl (C=O) groups is 1. The van der Waals surface area contributed by atoms with Crippen LogP contribution in [-0.4, -0.2) is 5.91 Å². The monoisotopic (exact) mass is 271 g/mol. The van der Waals surface area contributed by atoms with Gasteiger partial charge in [-0.1, -0.05) is 50.2 Å². The van der Waals surface area contributed by atoms with Crippen LogP contribution < -0.4 is 5.32 Å². The molecular formula is C17H18FNO. The lowest BCUT2D eigenvalue weighted by atomic mass is 10.0. The summed E-state index contributed by atoms with van der Waals surface area (Å²) in [4.78, 5) is 11.5. The van der Waals surface area contributed by atoms with E-state index >= 15 is 0 Å². The van der Waals surface area contributed by atoms with Gasteiger partial charge in [0.25, 0.3) is 0 Å². The van der Waals surface area contributed by atoms with Crippen molar-refractivity contribution < 1.29 is 9.18 Å². The van der Waals surface area contributed by atoms with E-state index in [0.717, 1.165) is 16.7 Å². The van der Waals surface area contributed by atoms with Crippen molar-refractivity contribution in [3.8, 4) is 11.1 Å². The first kappa shape index (κ1) is 14.3. The van der Waals surface area contributed by atoms with Gasteiger partial charge < -0.3 is 5.32 Å². The van der Waals surface area contributed by atoms with Crippen LogP contribution in [0.25, 0.3) is 11.1 Å². The zero-order chi connectivity index (χ0) is 14.5. The Bertz CT molecular complexity index is 573. The molecule has 0 fully saturated rings. The number of amides is 1. The lowest BCUT2D eigenvalue weighted by molar-refractivity contribution is -0.124. The first-order chi connectivity index (χ1) is 9.56. The van der Waals surface area contributed by atoms with E-state index in [1.165, 1.54) is 12.1 Å². The lowest BCUT2D eigenvalue weighted by Gasteiger charge is -2.08. The summed E-state index contributed by atoms with van der Waals surface area (Å²) in [6, 6.07) is 14.3. The minimum atomic E-state index is -0.234. The third-order valence-corrected chi connectivity index (χ3v) is 3.12. The Morgan fingerprint density at radius 3 is 2.00 bits per heavy atom. The first-order valence-electron chi connectivity index (χ1n) is 6.69. The fourth-order valence-corrected chi connectivity index (χ4v) is 1.85. The van der Waals surface area contributed by atoms with Crippen LogP contribution in [0.4, 0.5) is 4.39 Å². The van der Waals surface area contributed by atoms with Crippen molar-refractivity contribution in [1.82, 2.24) is 5.32 Å². The second-order valence-electron chi connectivity index (χ2n) is 5.08. The van der Waals surface area contributed by atoms with Crippen LogP contribution in [-0.2, 0) is 11.3 Å². The third-order valence-electron chi connectivity index (χ3n) is 3.12. The summed E-state index contributed by atoms with van der Waals surface area (Å²) in [5.74, 6) is -0.192. The number of nitrogens with one attached hydrogen (secondary N) is 1. The molecule has 0 bridgehead atoms. The van der Waals surface area contributed by atoms with E-state index in [9.17, 15) is 9.18 Å². The quantitative estimate of drug-likeness (QED) is 0.901. The van der Waals surface area contributed by atoms with Gasteiger partial charge in [-0.05, 0) is 28.8 Å². The van der Waals surface area contributed by atoms with Gasteiger partial charge in [-0.2, -0.15) is 0 Å². The van der Waals surface area contributed by atoms with Crippen molar-refractivity contribution in [1.29, 1.82) is 0 Å². The van der Waals surface area contributed by atoms with Gasteiger partial charge in [0.15, 0.2) is 0 Å². The highest BCUT2D eigenvalue weighted by Gasteiger charge is 2.05. The molecule has 0 aliphatic carbocycles. The zero-order valence-electron chi connectivity index (χ0n) is 11.7. The molecule has 0 unspecified atom stereocenters. The summed E-state index contributed by atoms with van der Waals surface area (Å²) in [5.41, 5.74) is 3.05. The second kappa shape index (κ2) is 6.33. The standard InChI is InChI=1S/C17H18FNO/c1-12(2)17(20)19-11-13-3-5-14(6-4-13)15-7-9-16(18)10-8-15/h3-10,12H,11H2,1-2H3,(H,19,20). The van der Waals surface area contributed by atoms with E-state index in [-0.39, 0.29) is 17.6 Å². The number of rotatable bonds is 4. The molecule has 0 radical (unpaired) electrons. The van der Waals surface area contributed by atoms with Crippen molar-refractivity contribution in [2.75, 3.05) is 0 Å². The van der Waals surface area contributed by atoms with Gasteiger partial charge in [0.1, 0.15) is 5.82 Å². The van der Waals surface area contributed by atoms with Crippen molar-refractivity contribution in [3.63, 3.8) is 0 Å². The molecule has 0 spiro atoms. The average molecular weight is 271 g/mol. The Kier molecular flexibility index (Phi) is 4.51. The minimum Gasteiger partial charge on any atom is -0.352 e. The average Bonchev–Trinajstić information content (AvgIpc) is 2.46. The molecule has 2 nitrogen and oxygen atoms in total. The van der Waals surface area contributed by atoms with Crippen LogP contribution in [0, 0.1) is 11.7 Å². The van der Waals surface area contributed by atoms with E-state index < -0.39 is 0 Å². The number of carbonyl (C=O) groups excluding carboxylic acids is 1. The van der Waals surface area contributed by atoms with E-state index in [4.69, 9.17) is 0 Å². The molecule has 0 saturated carbocycles. The number of benzene rings is 2. The summed E-state index contributed by atoms with van der Waals surface area (Å²) in [6.45, 7) is 4.26. The van der Waals surface area contributed by atoms with Crippen molar-refractivity contribution in [3.05, 3.63) is 59.9 Å². The summed E-state index contributed by atoms with van der Waals surface area (Å²) < 4.78 is 12.9. The molecule has 1 N–H and O–H groups in total. The maximum absolute atomic E-state index is 12.9. The third kappa shape index (κ3) is 3.67. The summed E-state index contributed by atoms with van der Waals surface area (Å²) >= 11 is 0. The summed E-state index contributed by atoms with van der Waals surface area (Å²) in [6.07, 6.45) is 0. The highest BCUT2D eigenvalue weighted by molar-refractivity contribution is 5.77. The van der Waals surface area contributed by atoms with Crippen LogP contribution in [0.3, 0.4) is 0 Å². The van der Waals surface area contributed by atoms with Crippen LogP contribution in [0.1, 0.15) is 19.4 Å². The Balaban J connectivity index is 2.03. The SMILES string of the molecule is CC(C)C(=O)NCc1ccc(-c2ccc(F)cc2)cc1. The fraction of sp³-hybridized carbons (Fsp3) is 0.235. The molecule has 0 atom stereocenters. The maximum atomic E-state index is 12.9. The van der Waals surface area contributed by atoms with Gasteiger partial charge in [-0.3, -0.25) is 4.79 Å². The molecule has 2 aromatic rings. The second-order valence-corrected chi connectivity index (χ2v) is 5.08. The van der Waals surface area contributed by atoms with Gasteiger partial charge in [0.05, 0.1) is 0 Å². The van der Waals surface area contributed by atoms with Gasteiger partial charge in [-0.15, -0.1) is 0 Å². The fourth-order valence-electron chi connectivity index (χ4n) is 1.85. The van der Waals surface area contributed by atoms with E-state index in [1.54, 1.807) is 12.1 Å².